The minimum Gasteiger partial charge on any atom is -0.356 e. The highest BCUT2D eigenvalue weighted by atomic mass is 16.2. The molecular formula is C19H24N4O2. The molecule has 2 aromatic rings. The van der Waals surface area contributed by atoms with Crippen molar-refractivity contribution < 1.29 is 9.59 Å². The third-order valence-corrected chi connectivity index (χ3v) is 4.64. The van der Waals surface area contributed by atoms with Crippen LogP contribution in [0.3, 0.4) is 0 Å². The molecule has 1 saturated heterocycles. The monoisotopic (exact) mass is 340 g/mol. The lowest BCUT2D eigenvalue weighted by molar-refractivity contribution is -0.121. The van der Waals surface area contributed by atoms with Crippen LogP contribution in [0, 0.1) is 5.92 Å². The van der Waals surface area contributed by atoms with Gasteiger partial charge in [-0.05, 0) is 37.0 Å². The fourth-order valence-electron chi connectivity index (χ4n) is 3.10. The zero-order valence-electron chi connectivity index (χ0n) is 14.3. The summed E-state index contributed by atoms with van der Waals surface area (Å²) in [6, 6.07) is 11.3. The van der Waals surface area contributed by atoms with Crippen LogP contribution in [0.25, 0.3) is 0 Å². The van der Waals surface area contributed by atoms with Crippen molar-refractivity contribution in [3.05, 3.63) is 54.4 Å². The number of piperidine rings is 1. The van der Waals surface area contributed by atoms with E-state index in [-0.39, 0.29) is 11.8 Å². The summed E-state index contributed by atoms with van der Waals surface area (Å²) in [5, 5.41) is 7.09. The van der Waals surface area contributed by atoms with Gasteiger partial charge in [0.05, 0.1) is 0 Å². The minimum absolute atomic E-state index is 0.0540. The predicted octanol–water partition coefficient (Wildman–Crippen LogP) is 1.94. The number of rotatable bonds is 6. The van der Waals surface area contributed by atoms with Crippen molar-refractivity contribution in [1.29, 1.82) is 0 Å². The molecule has 0 bridgehead atoms. The molecule has 1 fully saturated rings. The second-order valence-corrected chi connectivity index (χ2v) is 6.42. The van der Waals surface area contributed by atoms with Gasteiger partial charge in [-0.3, -0.25) is 14.3 Å². The molecule has 1 N–H and O–H groups in total. The standard InChI is InChI=1S/C19H24N4O2/c24-18(9-14-23-11-4-10-21-23)20-15-16-7-12-22(13-8-16)19(25)17-5-2-1-3-6-17/h1-6,10-11,16H,7-9,12-15H2,(H,20,24). The fourth-order valence-corrected chi connectivity index (χ4v) is 3.10. The van der Waals surface area contributed by atoms with Gasteiger partial charge in [-0.25, -0.2) is 0 Å². The number of aromatic nitrogens is 2. The molecule has 1 aliphatic heterocycles. The summed E-state index contributed by atoms with van der Waals surface area (Å²) >= 11 is 0. The van der Waals surface area contributed by atoms with Crippen LogP contribution in [-0.4, -0.2) is 46.1 Å². The smallest absolute Gasteiger partial charge is 0.253 e. The molecule has 1 aromatic heterocycles. The number of benzene rings is 1. The lowest BCUT2D eigenvalue weighted by Gasteiger charge is -2.32. The van der Waals surface area contributed by atoms with Gasteiger partial charge in [0.2, 0.25) is 5.91 Å². The van der Waals surface area contributed by atoms with Gasteiger partial charge in [-0.1, -0.05) is 18.2 Å². The van der Waals surface area contributed by atoms with Crippen molar-refractivity contribution in [1.82, 2.24) is 20.0 Å². The predicted molar refractivity (Wildman–Crippen MR) is 94.9 cm³/mol. The van der Waals surface area contributed by atoms with Crippen molar-refractivity contribution in [2.45, 2.75) is 25.8 Å². The molecule has 6 nitrogen and oxygen atoms in total. The summed E-state index contributed by atoms with van der Waals surface area (Å²) < 4.78 is 1.76. The van der Waals surface area contributed by atoms with Crippen LogP contribution >= 0.6 is 0 Å². The number of amides is 2. The Labute approximate surface area is 147 Å². The van der Waals surface area contributed by atoms with Gasteiger partial charge in [0.25, 0.3) is 5.91 Å². The van der Waals surface area contributed by atoms with Crippen molar-refractivity contribution in [3.63, 3.8) is 0 Å². The number of nitrogens with one attached hydrogen (secondary N) is 1. The van der Waals surface area contributed by atoms with E-state index in [0.29, 0.717) is 25.4 Å². The summed E-state index contributed by atoms with van der Waals surface area (Å²) in [4.78, 5) is 26.2. The third-order valence-electron chi connectivity index (χ3n) is 4.64. The molecule has 3 rings (SSSR count). The summed E-state index contributed by atoms with van der Waals surface area (Å²) in [6.07, 6.45) is 5.86. The van der Waals surface area contributed by atoms with Gasteiger partial charge < -0.3 is 10.2 Å². The second-order valence-electron chi connectivity index (χ2n) is 6.42. The second kappa shape index (κ2) is 8.46. The number of carbonyl (C=O) groups is 2. The van der Waals surface area contributed by atoms with Crippen LogP contribution in [0.5, 0.6) is 0 Å². The lowest BCUT2D eigenvalue weighted by Crippen LogP contribution is -2.41. The first-order chi connectivity index (χ1) is 12.2. The van der Waals surface area contributed by atoms with E-state index in [1.165, 1.54) is 0 Å². The summed E-state index contributed by atoms with van der Waals surface area (Å²) in [7, 11) is 0. The first kappa shape index (κ1) is 17.2. The summed E-state index contributed by atoms with van der Waals surface area (Å²) in [5.74, 6) is 0.592. The maximum absolute atomic E-state index is 12.4. The zero-order valence-corrected chi connectivity index (χ0v) is 14.3. The zero-order chi connectivity index (χ0) is 17.5. The highest BCUT2D eigenvalue weighted by Crippen LogP contribution is 2.18. The van der Waals surface area contributed by atoms with E-state index in [1.54, 1.807) is 10.9 Å². The molecule has 132 valence electrons. The number of likely N-dealkylation sites (tertiary alicyclic amines) is 1. The Morgan fingerprint density at radius 1 is 1.12 bits per heavy atom. The SMILES string of the molecule is O=C(CCn1cccn1)NCC1CCN(C(=O)c2ccccc2)CC1. The topological polar surface area (TPSA) is 67.2 Å². The number of carbonyl (C=O) groups excluding carboxylic acids is 2. The Morgan fingerprint density at radius 3 is 2.56 bits per heavy atom. The first-order valence-corrected chi connectivity index (χ1v) is 8.81. The van der Waals surface area contributed by atoms with Crippen LogP contribution in [0.4, 0.5) is 0 Å². The van der Waals surface area contributed by atoms with Gasteiger partial charge in [0, 0.05) is 50.6 Å². The Kier molecular flexibility index (Phi) is 5.82. The van der Waals surface area contributed by atoms with E-state index in [0.717, 1.165) is 31.5 Å². The van der Waals surface area contributed by atoms with E-state index < -0.39 is 0 Å². The van der Waals surface area contributed by atoms with Gasteiger partial charge in [0.1, 0.15) is 0 Å². The van der Waals surface area contributed by atoms with Gasteiger partial charge in [-0.2, -0.15) is 5.10 Å². The van der Waals surface area contributed by atoms with Crippen molar-refractivity contribution >= 4 is 11.8 Å². The number of hydrogen-bond donors (Lipinski definition) is 1. The Morgan fingerprint density at radius 2 is 1.88 bits per heavy atom. The Bertz CT molecular complexity index is 677. The average Bonchev–Trinajstić information content (AvgIpc) is 3.19. The average molecular weight is 340 g/mol. The molecule has 6 heteroatoms. The van der Waals surface area contributed by atoms with E-state index >= 15 is 0 Å². The van der Waals surface area contributed by atoms with Gasteiger partial charge >= 0.3 is 0 Å². The normalized spacial score (nSPS) is 15.1. The maximum atomic E-state index is 12.4. The van der Waals surface area contributed by atoms with Crippen LogP contribution < -0.4 is 5.32 Å². The largest absolute Gasteiger partial charge is 0.356 e. The van der Waals surface area contributed by atoms with E-state index in [9.17, 15) is 9.59 Å². The summed E-state index contributed by atoms with van der Waals surface area (Å²) in [6.45, 7) is 2.79. The molecule has 1 aromatic carbocycles. The van der Waals surface area contributed by atoms with Crippen LogP contribution in [0.15, 0.2) is 48.8 Å². The Balaban J connectivity index is 1.36. The number of hydrogen-bond acceptors (Lipinski definition) is 3. The van der Waals surface area contributed by atoms with Crippen molar-refractivity contribution in [3.8, 4) is 0 Å². The van der Waals surface area contributed by atoms with Gasteiger partial charge in [-0.15, -0.1) is 0 Å². The quantitative estimate of drug-likeness (QED) is 0.874. The highest BCUT2D eigenvalue weighted by Gasteiger charge is 2.23. The molecule has 2 amide bonds. The number of aryl methyl sites for hydroxylation is 1. The van der Waals surface area contributed by atoms with E-state index in [1.807, 2.05) is 47.5 Å². The van der Waals surface area contributed by atoms with Crippen LogP contribution in [0.1, 0.15) is 29.6 Å². The molecule has 0 saturated carbocycles. The molecule has 0 atom stereocenters. The molecule has 0 aliphatic carbocycles. The summed E-state index contributed by atoms with van der Waals surface area (Å²) in [5.41, 5.74) is 0.743. The maximum Gasteiger partial charge on any atom is 0.253 e. The molecule has 0 radical (unpaired) electrons. The van der Waals surface area contributed by atoms with E-state index in [4.69, 9.17) is 0 Å². The Hall–Kier alpha value is -2.63. The van der Waals surface area contributed by atoms with Crippen LogP contribution in [0.2, 0.25) is 0 Å². The van der Waals surface area contributed by atoms with E-state index in [2.05, 4.69) is 10.4 Å². The highest BCUT2D eigenvalue weighted by molar-refractivity contribution is 5.94. The molecule has 25 heavy (non-hydrogen) atoms. The minimum atomic E-state index is 0.0540. The van der Waals surface area contributed by atoms with Crippen molar-refractivity contribution in [2.24, 2.45) is 5.92 Å². The third kappa shape index (κ3) is 4.92. The van der Waals surface area contributed by atoms with Crippen LogP contribution in [-0.2, 0) is 11.3 Å². The van der Waals surface area contributed by atoms with Gasteiger partial charge in [0.15, 0.2) is 0 Å². The lowest BCUT2D eigenvalue weighted by atomic mass is 9.96. The molecule has 0 spiro atoms. The molecule has 1 aliphatic rings. The first-order valence-electron chi connectivity index (χ1n) is 8.81. The molecule has 2 heterocycles. The molecule has 0 unspecified atom stereocenters. The van der Waals surface area contributed by atoms with Crippen molar-refractivity contribution in [2.75, 3.05) is 19.6 Å². The number of nitrogens with zero attached hydrogens (tertiary/aromatic N) is 3. The molecular weight excluding hydrogens is 316 g/mol. The fraction of sp³-hybridized carbons (Fsp3) is 0.421.